The number of carbonyl (C=O) groups is 1. The zero-order chi connectivity index (χ0) is 24.0. The predicted molar refractivity (Wildman–Crippen MR) is 130 cm³/mol. The van der Waals surface area contributed by atoms with Gasteiger partial charge in [-0.3, -0.25) is 19.9 Å². The monoisotopic (exact) mass is 486 g/mol. The predicted octanol–water partition coefficient (Wildman–Crippen LogP) is 2.93. The van der Waals surface area contributed by atoms with Crippen LogP contribution < -0.4 is 21.1 Å². The molecule has 0 radical (unpaired) electrons. The summed E-state index contributed by atoms with van der Waals surface area (Å²) in [6.45, 7) is 0.612. The third-order valence-electron chi connectivity index (χ3n) is 4.51. The highest BCUT2D eigenvalue weighted by atomic mass is 35.5. The van der Waals surface area contributed by atoms with E-state index in [1.807, 2.05) is 18.2 Å². The number of pyridine rings is 1. The molecule has 1 heterocycles. The Morgan fingerprint density at radius 3 is 2.55 bits per heavy atom. The number of nitrogens with one attached hydrogen (secondary N) is 4. The molecule has 11 heteroatoms. The van der Waals surface area contributed by atoms with Gasteiger partial charge < -0.3 is 16.4 Å². The van der Waals surface area contributed by atoms with Crippen LogP contribution in [0.15, 0.2) is 60.8 Å². The van der Waals surface area contributed by atoms with E-state index in [-0.39, 0.29) is 28.7 Å². The van der Waals surface area contributed by atoms with Crippen LogP contribution in [0.25, 0.3) is 0 Å². The Morgan fingerprint density at radius 2 is 1.88 bits per heavy atom. The lowest BCUT2D eigenvalue weighted by Gasteiger charge is -2.15. The summed E-state index contributed by atoms with van der Waals surface area (Å²) >= 11 is 6.05. The number of anilines is 2. The van der Waals surface area contributed by atoms with Crippen molar-refractivity contribution in [1.29, 1.82) is 5.41 Å². The molecule has 1 aromatic heterocycles. The molecule has 0 aliphatic heterocycles. The van der Waals surface area contributed by atoms with Crippen molar-refractivity contribution >= 4 is 44.7 Å². The number of nitrogen functional groups attached to an aromatic ring is 1. The number of nitrogens with two attached hydrogens (primary N) is 1. The van der Waals surface area contributed by atoms with E-state index in [0.717, 1.165) is 17.5 Å². The molecule has 1 amide bonds. The maximum Gasteiger partial charge on any atom is 0.251 e. The van der Waals surface area contributed by atoms with E-state index in [4.69, 9.17) is 22.7 Å². The van der Waals surface area contributed by atoms with Crippen molar-refractivity contribution in [3.05, 3.63) is 88.2 Å². The number of hydrogen-bond donors (Lipinski definition) is 5. The van der Waals surface area contributed by atoms with Crippen LogP contribution in [0.5, 0.6) is 0 Å². The molecule has 172 valence electrons. The van der Waals surface area contributed by atoms with Gasteiger partial charge in [-0.25, -0.2) is 8.42 Å². The summed E-state index contributed by atoms with van der Waals surface area (Å²) in [5, 5.41) is 14.0. The maximum absolute atomic E-state index is 12.7. The fraction of sp³-hybridized carbons (Fsp3) is 0.136. The summed E-state index contributed by atoms with van der Waals surface area (Å²) in [7, 11) is -3.52. The average Bonchev–Trinajstić information content (AvgIpc) is 2.75. The van der Waals surface area contributed by atoms with Gasteiger partial charge in [0.25, 0.3) is 5.91 Å². The number of rotatable bonds is 9. The second-order valence-corrected chi connectivity index (χ2v) is 9.43. The first-order valence-electron chi connectivity index (χ1n) is 9.78. The number of halogens is 1. The summed E-state index contributed by atoms with van der Waals surface area (Å²) in [4.78, 5) is 17.0. The highest BCUT2D eigenvalue weighted by Crippen LogP contribution is 2.21. The number of amidine groups is 1. The summed E-state index contributed by atoms with van der Waals surface area (Å²) in [6, 6.07) is 15.1. The number of nitrogens with zero attached hydrogens (tertiary/aromatic N) is 1. The van der Waals surface area contributed by atoms with Gasteiger partial charge in [0.15, 0.2) is 0 Å². The fourth-order valence-electron chi connectivity index (χ4n) is 3.02. The standard InChI is InChI=1S/C22H23ClN6O3S/c1-33(31,32)29-19-9-16(8-17(23)11-19)22(30)28-12-15-6-5-14(21(24)25)10-20(15)27-13-18-4-2-3-7-26-18/h2-11,27,29H,12-13H2,1H3,(H3,24,25)(H,28,30). The lowest BCUT2D eigenvalue weighted by atomic mass is 10.1. The largest absolute Gasteiger partial charge is 0.384 e. The van der Waals surface area contributed by atoms with Gasteiger partial charge >= 0.3 is 0 Å². The normalized spacial score (nSPS) is 11.0. The van der Waals surface area contributed by atoms with Gasteiger partial charge in [-0.05, 0) is 42.0 Å². The van der Waals surface area contributed by atoms with Crippen molar-refractivity contribution in [3.8, 4) is 0 Å². The third-order valence-corrected chi connectivity index (χ3v) is 5.33. The lowest BCUT2D eigenvalue weighted by molar-refractivity contribution is 0.0951. The highest BCUT2D eigenvalue weighted by molar-refractivity contribution is 7.92. The molecule has 0 aliphatic carbocycles. The zero-order valence-corrected chi connectivity index (χ0v) is 19.3. The van der Waals surface area contributed by atoms with E-state index >= 15 is 0 Å². The molecule has 0 aliphatic rings. The van der Waals surface area contributed by atoms with Crippen molar-refractivity contribution in [2.75, 3.05) is 16.3 Å². The van der Waals surface area contributed by atoms with E-state index in [0.29, 0.717) is 17.8 Å². The van der Waals surface area contributed by atoms with Gasteiger partial charge in [0.1, 0.15) is 5.84 Å². The Balaban J connectivity index is 1.77. The highest BCUT2D eigenvalue weighted by Gasteiger charge is 2.12. The zero-order valence-electron chi connectivity index (χ0n) is 17.7. The first kappa shape index (κ1) is 24.0. The average molecular weight is 487 g/mol. The van der Waals surface area contributed by atoms with E-state index in [1.165, 1.54) is 18.2 Å². The number of sulfonamides is 1. The van der Waals surface area contributed by atoms with Crippen LogP contribution >= 0.6 is 11.6 Å². The number of benzene rings is 2. The number of carbonyl (C=O) groups excluding carboxylic acids is 1. The van der Waals surface area contributed by atoms with Gasteiger partial charge in [0.2, 0.25) is 10.0 Å². The van der Waals surface area contributed by atoms with Crippen molar-refractivity contribution < 1.29 is 13.2 Å². The van der Waals surface area contributed by atoms with Crippen molar-refractivity contribution in [2.24, 2.45) is 5.73 Å². The molecular weight excluding hydrogens is 464 g/mol. The van der Waals surface area contributed by atoms with E-state index < -0.39 is 15.9 Å². The molecule has 3 aromatic rings. The first-order chi connectivity index (χ1) is 15.6. The van der Waals surface area contributed by atoms with Crippen LogP contribution in [-0.2, 0) is 23.1 Å². The Labute approximate surface area is 196 Å². The van der Waals surface area contributed by atoms with Crippen LogP contribution in [-0.4, -0.2) is 31.4 Å². The Bertz CT molecular complexity index is 1280. The van der Waals surface area contributed by atoms with Crippen LogP contribution in [0, 0.1) is 5.41 Å². The second-order valence-electron chi connectivity index (χ2n) is 7.25. The van der Waals surface area contributed by atoms with Gasteiger partial charge in [-0.2, -0.15) is 0 Å². The molecule has 0 unspecified atom stereocenters. The Kier molecular flexibility index (Phi) is 7.52. The Morgan fingerprint density at radius 1 is 1.09 bits per heavy atom. The molecule has 3 rings (SSSR count). The summed E-state index contributed by atoms with van der Waals surface area (Å²) in [5.41, 5.74) is 8.85. The van der Waals surface area contributed by atoms with Gasteiger partial charge in [-0.15, -0.1) is 0 Å². The minimum absolute atomic E-state index is 0.0729. The van der Waals surface area contributed by atoms with E-state index in [1.54, 1.807) is 24.4 Å². The molecule has 33 heavy (non-hydrogen) atoms. The Hall–Kier alpha value is -3.63. The molecule has 9 nitrogen and oxygen atoms in total. The first-order valence-corrected chi connectivity index (χ1v) is 12.1. The van der Waals surface area contributed by atoms with Crippen molar-refractivity contribution in [2.45, 2.75) is 13.1 Å². The molecule has 0 fully saturated rings. The second kappa shape index (κ2) is 10.3. The van der Waals surface area contributed by atoms with Gasteiger partial charge in [0.05, 0.1) is 24.2 Å². The van der Waals surface area contributed by atoms with Crippen LogP contribution in [0.2, 0.25) is 5.02 Å². The van der Waals surface area contributed by atoms with Crippen LogP contribution in [0.1, 0.15) is 27.2 Å². The summed E-state index contributed by atoms with van der Waals surface area (Å²) in [6.07, 6.45) is 2.71. The molecular formula is C22H23ClN6O3S. The van der Waals surface area contributed by atoms with Gasteiger partial charge in [-0.1, -0.05) is 29.8 Å². The fourth-order valence-corrected chi connectivity index (χ4v) is 3.80. The van der Waals surface area contributed by atoms with Gasteiger partial charge in [0, 0.05) is 34.6 Å². The summed E-state index contributed by atoms with van der Waals surface area (Å²) < 4.78 is 25.3. The summed E-state index contributed by atoms with van der Waals surface area (Å²) in [5.74, 6) is -0.503. The topological polar surface area (TPSA) is 150 Å². The minimum Gasteiger partial charge on any atom is -0.384 e. The molecule has 2 aromatic carbocycles. The SMILES string of the molecule is CS(=O)(=O)Nc1cc(Cl)cc(C(=O)NCc2ccc(C(=N)N)cc2NCc2ccccn2)c1. The molecule has 0 spiro atoms. The molecule has 0 saturated carbocycles. The molecule has 0 bridgehead atoms. The number of aromatic nitrogens is 1. The molecule has 6 N–H and O–H groups in total. The molecule has 0 atom stereocenters. The number of amides is 1. The van der Waals surface area contributed by atoms with Crippen molar-refractivity contribution in [1.82, 2.24) is 10.3 Å². The van der Waals surface area contributed by atoms with E-state index in [2.05, 4.69) is 20.3 Å². The van der Waals surface area contributed by atoms with E-state index in [9.17, 15) is 13.2 Å². The third kappa shape index (κ3) is 7.19. The smallest absolute Gasteiger partial charge is 0.251 e. The lowest BCUT2D eigenvalue weighted by Crippen LogP contribution is -2.24. The maximum atomic E-state index is 12.7. The number of hydrogen-bond acceptors (Lipinski definition) is 6. The minimum atomic E-state index is -3.52. The van der Waals surface area contributed by atoms with Crippen LogP contribution in [0.3, 0.4) is 0 Å². The van der Waals surface area contributed by atoms with Crippen LogP contribution in [0.4, 0.5) is 11.4 Å². The van der Waals surface area contributed by atoms with Crippen molar-refractivity contribution in [3.63, 3.8) is 0 Å². The quantitative estimate of drug-likeness (QED) is 0.232. The molecule has 0 saturated heterocycles.